The Morgan fingerprint density at radius 1 is 1.00 bits per heavy atom. The predicted molar refractivity (Wildman–Crippen MR) is 53.8 cm³/mol. The molecule has 0 bridgehead atoms. The minimum absolute atomic E-state index is 0.663. The highest BCUT2D eigenvalue weighted by atomic mass is 14.3. The third kappa shape index (κ3) is 2.25. The Bertz CT molecular complexity index is 110. The molecule has 0 aromatic rings. The molecule has 0 aromatic heterocycles. The molecule has 0 spiro atoms. The van der Waals surface area contributed by atoms with Gasteiger partial charge in [0.1, 0.15) is 7.85 Å². The monoisotopic (exact) mass is 152 g/mol. The van der Waals surface area contributed by atoms with Crippen LogP contribution in [0.15, 0.2) is 0 Å². The van der Waals surface area contributed by atoms with Gasteiger partial charge in [0.05, 0.1) is 0 Å². The van der Waals surface area contributed by atoms with Crippen molar-refractivity contribution in [3.8, 4) is 0 Å². The summed E-state index contributed by atoms with van der Waals surface area (Å²) in [7, 11) is 2.48. The smallest absolute Gasteiger partial charge is 0.0629 e. The van der Waals surface area contributed by atoms with Gasteiger partial charge in [-0.1, -0.05) is 57.7 Å². The van der Waals surface area contributed by atoms with Gasteiger partial charge in [-0.2, -0.15) is 0 Å². The topological polar surface area (TPSA) is 0 Å². The van der Waals surface area contributed by atoms with Gasteiger partial charge in [-0.3, -0.25) is 0 Å². The maximum Gasteiger partial charge on any atom is 0.109 e. The molecule has 11 heavy (non-hydrogen) atoms. The van der Waals surface area contributed by atoms with E-state index in [0.717, 1.165) is 5.92 Å². The van der Waals surface area contributed by atoms with E-state index in [1.54, 1.807) is 0 Å². The number of rotatable bonds is 1. The van der Waals surface area contributed by atoms with Gasteiger partial charge in [0.15, 0.2) is 0 Å². The molecule has 1 fully saturated rings. The zero-order valence-corrected chi connectivity index (χ0v) is 8.32. The molecule has 1 aliphatic rings. The summed E-state index contributed by atoms with van der Waals surface area (Å²) in [6.45, 7) is 4.76. The van der Waals surface area contributed by atoms with E-state index in [-0.39, 0.29) is 0 Å². The highest BCUT2D eigenvalue weighted by Gasteiger charge is 2.28. The fraction of sp³-hybridized carbons (Fsp3) is 1.00. The summed E-state index contributed by atoms with van der Waals surface area (Å²) < 4.78 is 0. The molecule has 64 valence electrons. The van der Waals surface area contributed by atoms with Gasteiger partial charge in [0.2, 0.25) is 0 Å². The zero-order chi connectivity index (χ0) is 8.32. The Morgan fingerprint density at radius 3 is 1.82 bits per heavy atom. The second-order valence-electron chi connectivity index (χ2n) is 4.72. The molecule has 0 N–H and O–H groups in total. The van der Waals surface area contributed by atoms with Crippen LogP contribution in [0.4, 0.5) is 0 Å². The lowest BCUT2D eigenvalue weighted by Crippen LogP contribution is -2.18. The SMILES string of the molecule is BC1(C(C)C)CCCCCC1. The van der Waals surface area contributed by atoms with E-state index in [2.05, 4.69) is 21.7 Å². The van der Waals surface area contributed by atoms with Gasteiger partial charge in [-0.25, -0.2) is 0 Å². The third-order valence-corrected chi connectivity index (χ3v) is 3.64. The first-order chi connectivity index (χ1) is 5.15. The number of hydrogen-bond donors (Lipinski definition) is 0. The molecule has 0 nitrogen and oxygen atoms in total. The van der Waals surface area contributed by atoms with Gasteiger partial charge < -0.3 is 0 Å². The summed E-state index contributed by atoms with van der Waals surface area (Å²) in [5.41, 5.74) is 0. The second kappa shape index (κ2) is 3.64. The fourth-order valence-electron chi connectivity index (χ4n) is 2.11. The van der Waals surface area contributed by atoms with E-state index < -0.39 is 0 Å². The summed E-state index contributed by atoms with van der Waals surface area (Å²) >= 11 is 0. The van der Waals surface area contributed by atoms with E-state index in [0.29, 0.717) is 5.31 Å². The van der Waals surface area contributed by atoms with Crippen LogP contribution in [-0.4, -0.2) is 7.85 Å². The highest BCUT2D eigenvalue weighted by molar-refractivity contribution is 6.15. The molecule has 0 atom stereocenters. The molecule has 0 radical (unpaired) electrons. The van der Waals surface area contributed by atoms with Crippen LogP contribution in [0.2, 0.25) is 5.31 Å². The minimum atomic E-state index is 0.663. The van der Waals surface area contributed by atoms with E-state index in [1.165, 1.54) is 38.5 Å². The highest BCUT2D eigenvalue weighted by Crippen LogP contribution is 2.44. The van der Waals surface area contributed by atoms with Gasteiger partial charge in [-0.05, 0) is 5.92 Å². The van der Waals surface area contributed by atoms with Crippen molar-refractivity contribution in [2.45, 2.75) is 57.7 Å². The van der Waals surface area contributed by atoms with Crippen molar-refractivity contribution < 1.29 is 0 Å². The molecule has 0 aliphatic heterocycles. The van der Waals surface area contributed by atoms with Gasteiger partial charge >= 0.3 is 0 Å². The lowest BCUT2D eigenvalue weighted by Gasteiger charge is -2.32. The lowest BCUT2D eigenvalue weighted by molar-refractivity contribution is 0.366. The average Bonchev–Trinajstić information content (AvgIpc) is 2.15. The van der Waals surface area contributed by atoms with E-state index in [9.17, 15) is 0 Å². The fourth-order valence-corrected chi connectivity index (χ4v) is 2.11. The van der Waals surface area contributed by atoms with Crippen molar-refractivity contribution in [3.05, 3.63) is 0 Å². The largest absolute Gasteiger partial charge is 0.109 e. The van der Waals surface area contributed by atoms with Gasteiger partial charge in [0, 0.05) is 0 Å². The lowest BCUT2D eigenvalue weighted by atomic mass is 9.57. The van der Waals surface area contributed by atoms with Crippen molar-refractivity contribution in [2.75, 3.05) is 0 Å². The summed E-state index contributed by atoms with van der Waals surface area (Å²) in [4.78, 5) is 0. The Morgan fingerprint density at radius 2 is 1.45 bits per heavy atom. The normalized spacial score (nSPS) is 25.0. The van der Waals surface area contributed by atoms with Crippen molar-refractivity contribution in [1.82, 2.24) is 0 Å². The maximum atomic E-state index is 2.48. The second-order valence-corrected chi connectivity index (χ2v) is 4.72. The third-order valence-electron chi connectivity index (χ3n) is 3.64. The van der Waals surface area contributed by atoms with Crippen LogP contribution in [0.5, 0.6) is 0 Å². The van der Waals surface area contributed by atoms with Crippen molar-refractivity contribution >= 4 is 7.85 Å². The molecule has 0 amide bonds. The summed E-state index contributed by atoms with van der Waals surface area (Å²) in [5, 5.41) is 0.663. The molecule has 1 aliphatic carbocycles. The minimum Gasteiger partial charge on any atom is -0.0629 e. The molecule has 0 heterocycles. The Balaban J connectivity index is 2.52. The molecule has 1 rings (SSSR count). The van der Waals surface area contributed by atoms with Crippen LogP contribution in [0.25, 0.3) is 0 Å². The van der Waals surface area contributed by atoms with Crippen LogP contribution in [0, 0.1) is 5.92 Å². The van der Waals surface area contributed by atoms with Crippen LogP contribution < -0.4 is 0 Å². The first-order valence-electron chi connectivity index (χ1n) is 5.15. The maximum absolute atomic E-state index is 2.48. The standard InChI is InChI=1S/C10H21B/c1-9(2)10(11)7-5-3-4-6-8-10/h9H,3-8,11H2,1-2H3. The van der Waals surface area contributed by atoms with Crippen molar-refractivity contribution in [2.24, 2.45) is 5.92 Å². The first kappa shape index (κ1) is 9.16. The molecule has 0 aromatic carbocycles. The zero-order valence-electron chi connectivity index (χ0n) is 8.32. The molecular formula is C10H21B. The quantitative estimate of drug-likeness (QED) is 0.400. The van der Waals surface area contributed by atoms with Gasteiger partial charge in [0.25, 0.3) is 0 Å². The summed E-state index contributed by atoms with van der Waals surface area (Å²) in [5.74, 6) is 0.876. The van der Waals surface area contributed by atoms with E-state index >= 15 is 0 Å². The van der Waals surface area contributed by atoms with Crippen LogP contribution >= 0.6 is 0 Å². The van der Waals surface area contributed by atoms with Crippen LogP contribution in [0.1, 0.15) is 52.4 Å². The van der Waals surface area contributed by atoms with E-state index in [1.807, 2.05) is 0 Å². The van der Waals surface area contributed by atoms with Gasteiger partial charge in [-0.15, -0.1) is 0 Å². The Kier molecular flexibility index (Phi) is 3.03. The molecular weight excluding hydrogens is 131 g/mol. The summed E-state index contributed by atoms with van der Waals surface area (Å²) in [6, 6.07) is 0. The molecule has 0 unspecified atom stereocenters. The average molecular weight is 152 g/mol. The Labute approximate surface area is 72.2 Å². The summed E-state index contributed by atoms with van der Waals surface area (Å²) in [6.07, 6.45) is 8.81. The Hall–Kier alpha value is 0.0649. The first-order valence-corrected chi connectivity index (χ1v) is 5.15. The van der Waals surface area contributed by atoms with Crippen LogP contribution in [0.3, 0.4) is 0 Å². The molecule has 1 heteroatoms. The van der Waals surface area contributed by atoms with Crippen molar-refractivity contribution in [3.63, 3.8) is 0 Å². The predicted octanol–water partition coefficient (Wildman–Crippen LogP) is 2.79. The van der Waals surface area contributed by atoms with Crippen molar-refractivity contribution in [1.29, 1.82) is 0 Å². The molecule has 1 saturated carbocycles. The van der Waals surface area contributed by atoms with E-state index in [4.69, 9.17) is 0 Å². The number of hydrogen-bond acceptors (Lipinski definition) is 0. The van der Waals surface area contributed by atoms with Crippen LogP contribution in [-0.2, 0) is 0 Å². The molecule has 0 saturated heterocycles.